The van der Waals surface area contributed by atoms with Gasteiger partial charge in [-0.25, -0.2) is 4.98 Å². The summed E-state index contributed by atoms with van der Waals surface area (Å²) in [7, 11) is 0. The van der Waals surface area contributed by atoms with Crippen LogP contribution in [0.2, 0.25) is 0 Å². The van der Waals surface area contributed by atoms with Crippen LogP contribution in [-0.4, -0.2) is 9.97 Å². The van der Waals surface area contributed by atoms with Crippen LogP contribution in [0.25, 0.3) is 10.9 Å². The van der Waals surface area contributed by atoms with E-state index in [1.807, 2.05) is 0 Å². The van der Waals surface area contributed by atoms with Gasteiger partial charge in [-0.3, -0.25) is 4.79 Å². The van der Waals surface area contributed by atoms with Crippen LogP contribution < -0.4 is 11.3 Å². The fraction of sp³-hybridized carbons (Fsp3) is 0. The molecular formula is C8H7N3O. The summed E-state index contributed by atoms with van der Waals surface area (Å²) in [5.41, 5.74) is 6.48. The molecular weight excluding hydrogens is 154 g/mol. The molecule has 2 rings (SSSR count). The molecule has 3 N–H and O–H groups in total. The smallest absolute Gasteiger partial charge is 0.260 e. The monoisotopic (exact) mass is 161 g/mol. The minimum absolute atomic E-state index is 0.196. The van der Waals surface area contributed by atoms with E-state index < -0.39 is 0 Å². The number of nitrogen functional groups attached to an aromatic ring is 1. The lowest BCUT2D eigenvalue weighted by Crippen LogP contribution is -2.08. The number of nitrogens with zero attached hydrogens (tertiary/aromatic N) is 1. The summed E-state index contributed by atoms with van der Waals surface area (Å²) in [6, 6.07) is 5.20. The molecule has 0 unspecified atom stereocenters. The maximum atomic E-state index is 11.2. The number of H-pyrrole nitrogens is 1. The number of aromatic amines is 1. The number of benzene rings is 1. The van der Waals surface area contributed by atoms with E-state index in [-0.39, 0.29) is 5.56 Å². The van der Waals surface area contributed by atoms with Crippen LogP contribution in [0, 0.1) is 0 Å². The fourth-order valence-electron chi connectivity index (χ4n) is 1.15. The summed E-state index contributed by atoms with van der Waals surface area (Å²) in [4.78, 5) is 17.7. The molecule has 1 aromatic heterocycles. The number of hydrogen-bond acceptors (Lipinski definition) is 3. The molecule has 12 heavy (non-hydrogen) atoms. The summed E-state index contributed by atoms with van der Waals surface area (Å²) < 4.78 is 0. The van der Waals surface area contributed by atoms with Crippen LogP contribution in [-0.2, 0) is 0 Å². The molecule has 0 saturated carbocycles. The van der Waals surface area contributed by atoms with Crippen LogP contribution in [0.1, 0.15) is 0 Å². The first-order chi connectivity index (χ1) is 5.79. The Morgan fingerprint density at radius 3 is 3.00 bits per heavy atom. The molecule has 1 aromatic carbocycles. The summed E-state index contributed by atoms with van der Waals surface area (Å²) in [6.07, 6.45) is 1.37. The maximum absolute atomic E-state index is 11.2. The average Bonchev–Trinajstić information content (AvgIpc) is 2.04. The van der Waals surface area contributed by atoms with E-state index in [0.29, 0.717) is 16.6 Å². The first kappa shape index (κ1) is 6.84. The zero-order valence-corrected chi connectivity index (χ0v) is 6.24. The summed E-state index contributed by atoms with van der Waals surface area (Å²) in [5, 5.41) is 0.458. The molecule has 2 aromatic rings. The zero-order chi connectivity index (χ0) is 8.55. The van der Waals surface area contributed by atoms with Gasteiger partial charge < -0.3 is 10.7 Å². The number of nitrogens with two attached hydrogens (primary N) is 1. The normalized spacial score (nSPS) is 10.3. The van der Waals surface area contributed by atoms with E-state index >= 15 is 0 Å². The molecule has 4 heteroatoms. The molecule has 0 spiro atoms. The Balaban J connectivity index is 3.07. The van der Waals surface area contributed by atoms with Crippen LogP contribution >= 0.6 is 0 Å². The highest BCUT2D eigenvalue weighted by Gasteiger charge is 2.00. The number of rotatable bonds is 0. The highest BCUT2D eigenvalue weighted by Crippen LogP contribution is 2.12. The van der Waals surface area contributed by atoms with Crippen molar-refractivity contribution in [2.45, 2.75) is 0 Å². The predicted molar refractivity (Wildman–Crippen MR) is 46.8 cm³/mol. The van der Waals surface area contributed by atoms with Gasteiger partial charge in [0.1, 0.15) is 0 Å². The van der Waals surface area contributed by atoms with Gasteiger partial charge in [0.25, 0.3) is 5.56 Å². The standard InChI is InChI=1S/C8H7N3O/c9-5-2-1-3-6-7(5)8(12)11-4-10-6/h1-4H,9H2,(H,10,11,12). The van der Waals surface area contributed by atoms with E-state index in [1.165, 1.54) is 6.33 Å². The number of anilines is 1. The molecule has 0 atom stereocenters. The van der Waals surface area contributed by atoms with E-state index in [4.69, 9.17) is 5.73 Å². The maximum Gasteiger partial charge on any atom is 0.260 e. The van der Waals surface area contributed by atoms with Crippen molar-refractivity contribution in [2.75, 3.05) is 5.73 Å². The Morgan fingerprint density at radius 1 is 1.42 bits per heavy atom. The fourth-order valence-corrected chi connectivity index (χ4v) is 1.15. The van der Waals surface area contributed by atoms with Crippen molar-refractivity contribution in [1.82, 2.24) is 9.97 Å². The van der Waals surface area contributed by atoms with E-state index in [9.17, 15) is 4.79 Å². The van der Waals surface area contributed by atoms with Crippen molar-refractivity contribution in [2.24, 2.45) is 0 Å². The quantitative estimate of drug-likeness (QED) is 0.553. The molecule has 0 radical (unpaired) electrons. The topological polar surface area (TPSA) is 71.8 Å². The van der Waals surface area contributed by atoms with Gasteiger partial charge in [0.05, 0.1) is 17.2 Å². The van der Waals surface area contributed by atoms with E-state index in [0.717, 1.165) is 0 Å². The second-order valence-corrected chi connectivity index (χ2v) is 2.47. The third kappa shape index (κ3) is 0.852. The predicted octanol–water partition coefficient (Wildman–Crippen LogP) is 0.505. The SMILES string of the molecule is Nc1cccc2nc[nH]c(=O)c12. The first-order valence-corrected chi connectivity index (χ1v) is 3.51. The van der Waals surface area contributed by atoms with Crippen molar-refractivity contribution in [3.63, 3.8) is 0 Å². The second-order valence-electron chi connectivity index (χ2n) is 2.47. The third-order valence-corrected chi connectivity index (χ3v) is 1.70. The lowest BCUT2D eigenvalue weighted by atomic mass is 10.2. The van der Waals surface area contributed by atoms with Gasteiger partial charge in [0, 0.05) is 5.69 Å². The largest absolute Gasteiger partial charge is 0.398 e. The number of nitrogens with one attached hydrogen (secondary N) is 1. The Labute approximate surface area is 68.1 Å². The summed E-state index contributed by atoms with van der Waals surface area (Å²) in [6.45, 7) is 0. The second kappa shape index (κ2) is 2.34. The van der Waals surface area contributed by atoms with Crippen molar-refractivity contribution >= 4 is 16.6 Å². The van der Waals surface area contributed by atoms with Crippen molar-refractivity contribution < 1.29 is 0 Å². The Bertz CT molecular complexity index is 470. The molecule has 0 aliphatic carbocycles. The van der Waals surface area contributed by atoms with Crippen molar-refractivity contribution in [1.29, 1.82) is 0 Å². The average molecular weight is 161 g/mol. The summed E-state index contributed by atoms with van der Waals surface area (Å²) >= 11 is 0. The van der Waals surface area contributed by atoms with Crippen LogP contribution in [0.4, 0.5) is 5.69 Å². The van der Waals surface area contributed by atoms with E-state index in [2.05, 4.69) is 9.97 Å². The molecule has 0 bridgehead atoms. The summed E-state index contributed by atoms with van der Waals surface area (Å²) in [5.74, 6) is 0. The first-order valence-electron chi connectivity index (χ1n) is 3.51. The van der Waals surface area contributed by atoms with Gasteiger partial charge in [-0.1, -0.05) is 6.07 Å². The van der Waals surface area contributed by atoms with Gasteiger partial charge in [0.2, 0.25) is 0 Å². The number of fused-ring (bicyclic) bond motifs is 1. The zero-order valence-electron chi connectivity index (χ0n) is 6.24. The minimum atomic E-state index is -0.196. The molecule has 0 amide bonds. The molecule has 0 fully saturated rings. The van der Waals surface area contributed by atoms with Crippen LogP contribution in [0.3, 0.4) is 0 Å². The van der Waals surface area contributed by atoms with Crippen LogP contribution in [0.15, 0.2) is 29.3 Å². The number of hydrogen-bond donors (Lipinski definition) is 2. The van der Waals surface area contributed by atoms with E-state index in [1.54, 1.807) is 18.2 Å². The molecule has 0 saturated heterocycles. The molecule has 0 aliphatic rings. The van der Waals surface area contributed by atoms with Crippen molar-refractivity contribution in [3.05, 3.63) is 34.9 Å². The Morgan fingerprint density at radius 2 is 2.25 bits per heavy atom. The molecule has 1 heterocycles. The van der Waals surface area contributed by atoms with Gasteiger partial charge in [-0.2, -0.15) is 0 Å². The van der Waals surface area contributed by atoms with Gasteiger partial charge >= 0.3 is 0 Å². The highest BCUT2D eigenvalue weighted by molar-refractivity contribution is 5.88. The Kier molecular flexibility index (Phi) is 1.33. The molecule has 0 aliphatic heterocycles. The van der Waals surface area contributed by atoms with Crippen LogP contribution in [0.5, 0.6) is 0 Å². The third-order valence-electron chi connectivity index (χ3n) is 1.70. The highest BCUT2D eigenvalue weighted by atomic mass is 16.1. The Hall–Kier alpha value is -1.84. The van der Waals surface area contributed by atoms with Gasteiger partial charge in [-0.05, 0) is 12.1 Å². The molecule has 4 nitrogen and oxygen atoms in total. The minimum Gasteiger partial charge on any atom is -0.398 e. The van der Waals surface area contributed by atoms with Gasteiger partial charge in [-0.15, -0.1) is 0 Å². The van der Waals surface area contributed by atoms with Crippen molar-refractivity contribution in [3.8, 4) is 0 Å². The molecule has 60 valence electrons. The number of aromatic nitrogens is 2. The lowest BCUT2D eigenvalue weighted by Gasteiger charge is -1.97. The van der Waals surface area contributed by atoms with Gasteiger partial charge in [0.15, 0.2) is 0 Å². The lowest BCUT2D eigenvalue weighted by molar-refractivity contribution is 1.17.